The molecule has 28 heavy (non-hydrogen) atoms. The van der Waals surface area contributed by atoms with Gasteiger partial charge in [0.15, 0.2) is 0 Å². The van der Waals surface area contributed by atoms with E-state index < -0.39 is 0 Å². The van der Waals surface area contributed by atoms with Crippen LogP contribution in [-0.2, 0) is 16.0 Å². The van der Waals surface area contributed by atoms with Crippen molar-refractivity contribution in [2.24, 2.45) is 11.7 Å². The number of anilines is 1. The van der Waals surface area contributed by atoms with Crippen LogP contribution in [0.5, 0.6) is 0 Å². The zero-order valence-electron chi connectivity index (χ0n) is 16.6. The third kappa shape index (κ3) is 4.98. The number of hydrogen-bond donors (Lipinski definition) is 3. The molecule has 1 aliphatic heterocycles. The zero-order valence-corrected chi connectivity index (χ0v) is 16.6. The average Bonchev–Trinajstić information content (AvgIpc) is 2.70. The second-order valence-electron chi connectivity index (χ2n) is 7.82. The highest BCUT2D eigenvalue weighted by Gasteiger charge is 2.26. The van der Waals surface area contributed by atoms with Crippen molar-refractivity contribution in [3.8, 4) is 0 Å². The van der Waals surface area contributed by atoms with E-state index in [0.717, 1.165) is 16.8 Å². The maximum absolute atomic E-state index is 12.2. The van der Waals surface area contributed by atoms with Gasteiger partial charge in [-0.05, 0) is 41.5 Å². The normalized spacial score (nSPS) is 17.0. The number of carbonyl (C=O) groups is 2. The van der Waals surface area contributed by atoms with E-state index >= 15 is 0 Å². The highest BCUT2D eigenvalue weighted by molar-refractivity contribution is 5.96. The van der Waals surface area contributed by atoms with E-state index in [0.29, 0.717) is 31.7 Å². The van der Waals surface area contributed by atoms with Crippen LogP contribution < -0.4 is 16.4 Å². The number of amides is 2. The molecular weight excluding hydrogens is 350 g/mol. The molecule has 2 aromatic carbocycles. The third-order valence-corrected chi connectivity index (χ3v) is 5.38. The van der Waals surface area contributed by atoms with E-state index in [1.54, 1.807) is 0 Å². The molecule has 2 unspecified atom stereocenters. The van der Waals surface area contributed by atoms with E-state index in [4.69, 9.17) is 5.73 Å². The average molecular weight is 380 g/mol. The predicted molar refractivity (Wildman–Crippen MR) is 112 cm³/mol. The lowest BCUT2D eigenvalue weighted by atomic mass is 9.89. The fourth-order valence-electron chi connectivity index (χ4n) is 3.51. The Kier molecular flexibility index (Phi) is 6.47. The topological polar surface area (TPSA) is 84.2 Å². The zero-order chi connectivity index (χ0) is 20.1. The van der Waals surface area contributed by atoms with Crippen molar-refractivity contribution in [2.75, 3.05) is 11.9 Å². The van der Waals surface area contributed by atoms with Gasteiger partial charge in [0.1, 0.15) is 0 Å². The lowest BCUT2D eigenvalue weighted by molar-refractivity contribution is -0.122. The highest BCUT2D eigenvalue weighted by atomic mass is 16.2. The molecule has 3 rings (SSSR count). The van der Waals surface area contributed by atoms with Crippen molar-refractivity contribution in [1.82, 2.24) is 5.32 Å². The van der Waals surface area contributed by atoms with Gasteiger partial charge >= 0.3 is 0 Å². The van der Waals surface area contributed by atoms with Gasteiger partial charge in [0.2, 0.25) is 11.8 Å². The minimum absolute atomic E-state index is 0.00607. The van der Waals surface area contributed by atoms with Gasteiger partial charge in [0.25, 0.3) is 0 Å². The standard InChI is InChI=1S/C23H29N3O2/c1-15(2)16-7-9-17(10-8-16)20(24)14-25-22(27)12-11-19-13-18-5-3-4-6-21(18)26-23(19)28/h3-10,15,19-20H,11-14,24H2,1-2H3,(H,25,27)(H,26,28). The predicted octanol–water partition coefficient (Wildman–Crippen LogP) is 3.52. The van der Waals surface area contributed by atoms with Crippen LogP contribution in [-0.4, -0.2) is 18.4 Å². The minimum Gasteiger partial charge on any atom is -0.354 e. The van der Waals surface area contributed by atoms with Crippen molar-refractivity contribution in [2.45, 2.75) is 45.1 Å². The maximum atomic E-state index is 12.2. The molecule has 1 aliphatic rings. The van der Waals surface area contributed by atoms with Crippen LogP contribution in [0.1, 0.15) is 55.3 Å². The molecular formula is C23H29N3O2. The Morgan fingerprint density at radius 1 is 1.14 bits per heavy atom. The number of carbonyl (C=O) groups excluding carboxylic acids is 2. The van der Waals surface area contributed by atoms with E-state index in [1.807, 2.05) is 36.4 Å². The largest absolute Gasteiger partial charge is 0.354 e. The summed E-state index contributed by atoms with van der Waals surface area (Å²) in [6, 6.07) is 15.8. The van der Waals surface area contributed by atoms with Gasteiger partial charge in [-0.3, -0.25) is 9.59 Å². The molecule has 2 atom stereocenters. The van der Waals surface area contributed by atoms with Crippen LogP contribution in [0.3, 0.4) is 0 Å². The first-order chi connectivity index (χ1) is 13.4. The number of nitrogens with one attached hydrogen (secondary N) is 2. The molecule has 0 radical (unpaired) electrons. The second kappa shape index (κ2) is 9.02. The van der Waals surface area contributed by atoms with Gasteiger partial charge in [-0.2, -0.15) is 0 Å². The number of benzene rings is 2. The van der Waals surface area contributed by atoms with Crippen LogP contribution in [0.15, 0.2) is 48.5 Å². The molecule has 5 heteroatoms. The summed E-state index contributed by atoms with van der Waals surface area (Å²) >= 11 is 0. The summed E-state index contributed by atoms with van der Waals surface area (Å²) < 4.78 is 0. The molecule has 2 aromatic rings. The molecule has 0 bridgehead atoms. The molecule has 0 aliphatic carbocycles. The number of nitrogens with two attached hydrogens (primary N) is 1. The summed E-state index contributed by atoms with van der Waals surface area (Å²) in [6.45, 7) is 4.69. The molecule has 0 fully saturated rings. The summed E-state index contributed by atoms with van der Waals surface area (Å²) in [6.07, 6.45) is 1.53. The lowest BCUT2D eigenvalue weighted by Gasteiger charge is -2.24. The van der Waals surface area contributed by atoms with Crippen LogP contribution in [0.4, 0.5) is 5.69 Å². The van der Waals surface area contributed by atoms with Gasteiger partial charge in [0.05, 0.1) is 0 Å². The molecule has 4 N–H and O–H groups in total. The van der Waals surface area contributed by atoms with E-state index in [-0.39, 0.29) is 23.8 Å². The monoisotopic (exact) mass is 379 g/mol. The summed E-state index contributed by atoms with van der Waals surface area (Å²) in [4.78, 5) is 24.5. The molecule has 0 spiro atoms. The summed E-state index contributed by atoms with van der Waals surface area (Å²) in [5.41, 5.74) is 10.5. The fourth-order valence-corrected chi connectivity index (χ4v) is 3.51. The quantitative estimate of drug-likeness (QED) is 0.688. The number of hydrogen-bond acceptors (Lipinski definition) is 3. The van der Waals surface area contributed by atoms with Crippen molar-refractivity contribution in [3.05, 3.63) is 65.2 Å². The van der Waals surface area contributed by atoms with E-state index in [2.05, 4.69) is 36.6 Å². The highest BCUT2D eigenvalue weighted by Crippen LogP contribution is 2.27. The molecule has 148 valence electrons. The second-order valence-corrected chi connectivity index (χ2v) is 7.82. The Morgan fingerprint density at radius 2 is 1.82 bits per heavy atom. The minimum atomic E-state index is -0.241. The molecule has 0 saturated heterocycles. The summed E-state index contributed by atoms with van der Waals surface area (Å²) in [5, 5.41) is 5.82. The summed E-state index contributed by atoms with van der Waals surface area (Å²) in [5.74, 6) is 0.237. The van der Waals surface area contributed by atoms with Gasteiger partial charge < -0.3 is 16.4 Å². The Labute approximate surface area is 166 Å². The van der Waals surface area contributed by atoms with E-state index in [1.165, 1.54) is 5.56 Å². The molecule has 2 amide bonds. The Morgan fingerprint density at radius 3 is 2.54 bits per heavy atom. The number of rotatable bonds is 7. The van der Waals surface area contributed by atoms with Crippen molar-refractivity contribution < 1.29 is 9.59 Å². The Balaban J connectivity index is 1.45. The first-order valence-electron chi connectivity index (χ1n) is 9.95. The third-order valence-electron chi connectivity index (χ3n) is 5.38. The Bertz CT molecular complexity index is 830. The van der Waals surface area contributed by atoms with Crippen LogP contribution in [0, 0.1) is 5.92 Å². The first kappa shape index (κ1) is 20.1. The van der Waals surface area contributed by atoms with Gasteiger partial charge in [-0.1, -0.05) is 56.3 Å². The van der Waals surface area contributed by atoms with Gasteiger partial charge in [-0.25, -0.2) is 0 Å². The van der Waals surface area contributed by atoms with Crippen LogP contribution in [0.25, 0.3) is 0 Å². The maximum Gasteiger partial charge on any atom is 0.227 e. The molecule has 0 saturated carbocycles. The van der Waals surface area contributed by atoms with Crippen LogP contribution in [0.2, 0.25) is 0 Å². The Hall–Kier alpha value is -2.66. The fraction of sp³-hybridized carbons (Fsp3) is 0.391. The number of para-hydroxylation sites is 1. The van der Waals surface area contributed by atoms with Crippen LogP contribution >= 0.6 is 0 Å². The van der Waals surface area contributed by atoms with Crippen molar-refractivity contribution in [3.63, 3.8) is 0 Å². The molecule has 1 heterocycles. The number of fused-ring (bicyclic) bond motifs is 1. The van der Waals surface area contributed by atoms with Crippen molar-refractivity contribution >= 4 is 17.5 Å². The van der Waals surface area contributed by atoms with Gasteiger partial charge in [0, 0.05) is 30.6 Å². The lowest BCUT2D eigenvalue weighted by Crippen LogP contribution is -2.34. The SMILES string of the molecule is CC(C)c1ccc(C(N)CNC(=O)CCC2Cc3ccccc3NC2=O)cc1. The molecule has 5 nitrogen and oxygen atoms in total. The summed E-state index contributed by atoms with van der Waals surface area (Å²) in [7, 11) is 0. The van der Waals surface area contributed by atoms with Crippen molar-refractivity contribution in [1.29, 1.82) is 0 Å². The first-order valence-corrected chi connectivity index (χ1v) is 9.95. The molecule has 0 aromatic heterocycles. The van der Waals surface area contributed by atoms with E-state index in [9.17, 15) is 9.59 Å². The smallest absolute Gasteiger partial charge is 0.227 e. The van der Waals surface area contributed by atoms with Gasteiger partial charge in [-0.15, -0.1) is 0 Å².